The van der Waals surface area contributed by atoms with Gasteiger partial charge in [-0.3, -0.25) is 9.11 Å². The minimum atomic E-state index is -7.08. The molecular formula is C3H3F6KO6S2. The molecule has 0 bridgehead atoms. The molecule has 0 spiro atoms. The number of alkyl halides is 6. The Hall–Kier alpha value is 1.04. The van der Waals surface area contributed by atoms with E-state index in [9.17, 15) is 43.2 Å². The van der Waals surface area contributed by atoms with Gasteiger partial charge < -0.3 is 0 Å². The van der Waals surface area contributed by atoms with E-state index in [1.165, 1.54) is 0 Å². The SMILES string of the molecule is O=S(=O)(O)C(F)(F)C(F)(F)C(F)(F)S(=O)(=O)O.[KH]. The van der Waals surface area contributed by atoms with Crippen LogP contribution in [0.3, 0.4) is 0 Å². The monoisotopic (exact) mass is 352 g/mol. The zero-order valence-corrected chi connectivity index (χ0v) is 8.74. The molecule has 0 amide bonds. The number of hydrogen-bond donors (Lipinski definition) is 2. The van der Waals surface area contributed by atoms with E-state index in [4.69, 9.17) is 9.11 Å². The maximum absolute atomic E-state index is 12.4. The van der Waals surface area contributed by atoms with E-state index in [0.29, 0.717) is 0 Å². The molecule has 0 aliphatic rings. The van der Waals surface area contributed by atoms with Crippen molar-refractivity contribution in [2.75, 3.05) is 0 Å². The average molecular weight is 352 g/mol. The van der Waals surface area contributed by atoms with E-state index >= 15 is 0 Å². The molecule has 0 aromatic carbocycles. The first kappa shape index (κ1) is 21.3. The molecule has 2 N–H and O–H groups in total. The van der Waals surface area contributed by atoms with Gasteiger partial charge in [-0.05, 0) is 0 Å². The molecule has 106 valence electrons. The van der Waals surface area contributed by atoms with Crippen molar-refractivity contribution < 1.29 is 52.3 Å². The second kappa shape index (κ2) is 5.43. The first-order valence-corrected chi connectivity index (χ1v) is 5.95. The predicted molar refractivity (Wildman–Crippen MR) is 45.1 cm³/mol. The third-order valence-electron chi connectivity index (χ3n) is 1.38. The molecule has 0 aromatic rings. The molecule has 6 nitrogen and oxygen atoms in total. The van der Waals surface area contributed by atoms with Crippen molar-refractivity contribution in [2.45, 2.75) is 16.4 Å². The van der Waals surface area contributed by atoms with Crippen molar-refractivity contribution >= 4 is 71.6 Å². The Labute approximate surface area is 139 Å². The molecule has 0 saturated heterocycles. The van der Waals surface area contributed by atoms with Crippen molar-refractivity contribution in [2.24, 2.45) is 0 Å². The van der Waals surface area contributed by atoms with Crippen LogP contribution in [0.4, 0.5) is 26.3 Å². The first-order chi connectivity index (χ1) is 7.00. The van der Waals surface area contributed by atoms with Crippen molar-refractivity contribution in [1.29, 1.82) is 0 Å². The molecule has 0 unspecified atom stereocenters. The van der Waals surface area contributed by atoms with Crippen LogP contribution in [0.1, 0.15) is 0 Å². The van der Waals surface area contributed by atoms with Gasteiger partial charge in [-0.2, -0.15) is 43.2 Å². The summed E-state index contributed by atoms with van der Waals surface area (Å²) in [6.07, 6.45) is 0. The summed E-state index contributed by atoms with van der Waals surface area (Å²) in [6.45, 7) is 0. The van der Waals surface area contributed by atoms with Crippen molar-refractivity contribution in [3.8, 4) is 0 Å². The summed E-state index contributed by atoms with van der Waals surface area (Å²) >= 11 is 0. The van der Waals surface area contributed by atoms with Gasteiger partial charge in [0, 0.05) is 0 Å². The predicted octanol–water partition coefficient (Wildman–Crippen LogP) is -0.0656. The molecule has 15 heteroatoms. The number of rotatable bonds is 4. The van der Waals surface area contributed by atoms with E-state index in [2.05, 4.69) is 0 Å². The summed E-state index contributed by atoms with van der Waals surface area (Å²) in [4.78, 5) is 0. The summed E-state index contributed by atoms with van der Waals surface area (Å²) in [5.74, 6) is -7.08. The summed E-state index contributed by atoms with van der Waals surface area (Å²) < 4.78 is 128. The quantitative estimate of drug-likeness (QED) is 0.417. The van der Waals surface area contributed by atoms with Gasteiger partial charge in [0.1, 0.15) is 0 Å². The molecule has 0 rings (SSSR count). The molecule has 0 saturated carbocycles. The van der Waals surface area contributed by atoms with E-state index in [0.717, 1.165) is 0 Å². The van der Waals surface area contributed by atoms with Crippen LogP contribution in [-0.4, -0.2) is 93.8 Å². The topological polar surface area (TPSA) is 109 Å². The van der Waals surface area contributed by atoms with Gasteiger partial charge in [-0.25, -0.2) is 0 Å². The normalized spacial score (nSPS) is 15.1. The molecule has 0 aromatic heterocycles. The molecule has 0 aliphatic heterocycles. The molecular weight excluding hydrogens is 349 g/mol. The summed E-state index contributed by atoms with van der Waals surface area (Å²) in [6, 6.07) is 0. The third kappa shape index (κ3) is 3.19. The van der Waals surface area contributed by atoms with Crippen LogP contribution in [0.2, 0.25) is 0 Å². The average Bonchev–Trinajstić information content (AvgIpc) is 1.98. The van der Waals surface area contributed by atoms with Crippen LogP contribution in [0.5, 0.6) is 0 Å². The van der Waals surface area contributed by atoms with E-state index < -0.39 is 36.7 Å². The Morgan fingerprint density at radius 1 is 0.667 bits per heavy atom. The molecule has 18 heavy (non-hydrogen) atoms. The van der Waals surface area contributed by atoms with Gasteiger partial charge in [0.2, 0.25) is 0 Å². The van der Waals surface area contributed by atoms with Crippen molar-refractivity contribution in [3.05, 3.63) is 0 Å². The molecule has 0 radical (unpaired) electrons. The Morgan fingerprint density at radius 2 is 0.833 bits per heavy atom. The van der Waals surface area contributed by atoms with Crippen LogP contribution in [0, 0.1) is 0 Å². The Morgan fingerprint density at radius 3 is 0.944 bits per heavy atom. The Bertz CT molecular complexity index is 463. The van der Waals surface area contributed by atoms with Gasteiger partial charge in [-0.1, -0.05) is 0 Å². The van der Waals surface area contributed by atoms with Crippen LogP contribution in [0.15, 0.2) is 0 Å². The molecule has 0 fully saturated rings. The van der Waals surface area contributed by atoms with Gasteiger partial charge in [0.05, 0.1) is 0 Å². The van der Waals surface area contributed by atoms with E-state index in [1.807, 2.05) is 0 Å². The Kier molecular flexibility index (Phi) is 6.44. The van der Waals surface area contributed by atoms with E-state index in [-0.39, 0.29) is 51.4 Å². The maximum atomic E-state index is 12.4. The summed E-state index contributed by atoms with van der Waals surface area (Å²) in [5, 5.41) is -13.6. The first-order valence-electron chi connectivity index (χ1n) is 3.07. The second-order valence-corrected chi connectivity index (χ2v) is 5.48. The Balaban J connectivity index is 0. The fourth-order valence-corrected chi connectivity index (χ4v) is 1.46. The fraction of sp³-hybridized carbons (Fsp3) is 1.00. The van der Waals surface area contributed by atoms with Crippen molar-refractivity contribution in [3.63, 3.8) is 0 Å². The van der Waals surface area contributed by atoms with Crippen LogP contribution in [-0.2, 0) is 20.2 Å². The standard InChI is InChI=1S/C3H2F6O6S2.K.H/c4-1(5,2(6,7)16(10,11)12)3(8,9)17(13,14)15;;/h(H,10,11,12)(H,13,14,15);;. The zero-order chi connectivity index (χ0) is 14.5. The van der Waals surface area contributed by atoms with Crippen molar-refractivity contribution in [1.82, 2.24) is 0 Å². The van der Waals surface area contributed by atoms with Crippen LogP contribution in [0.25, 0.3) is 0 Å². The second-order valence-electron chi connectivity index (χ2n) is 2.56. The molecule has 0 aliphatic carbocycles. The number of halogens is 6. The fourth-order valence-electron chi connectivity index (χ4n) is 0.493. The van der Waals surface area contributed by atoms with E-state index in [1.54, 1.807) is 0 Å². The summed E-state index contributed by atoms with van der Waals surface area (Å²) in [5.41, 5.74) is 0. The van der Waals surface area contributed by atoms with Gasteiger partial charge in [0.25, 0.3) is 0 Å². The number of hydrogen-bond acceptors (Lipinski definition) is 4. The summed E-state index contributed by atoms with van der Waals surface area (Å²) in [7, 11) is -14.1. The molecule has 0 heterocycles. The third-order valence-corrected chi connectivity index (χ3v) is 3.19. The zero-order valence-electron chi connectivity index (χ0n) is 7.11. The van der Waals surface area contributed by atoms with Gasteiger partial charge in [0.15, 0.2) is 0 Å². The van der Waals surface area contributed by atoms with Crippen LogP contribution >= 0.6 is 0 Å². The van der Waals surface area contributed by atoms with Gasteiger partial charge in [-0.15, -0.1) is 0 Å². The minimum absolute atomic E-state index is 0. The van der Waals surface area contributed by atoms with Gasteiger partial charge >= 0.3 is 88.1 Å². The molecule has 0 atom stereocenters. The van der Waals surface area contributed by atoms with Crippen LogP contribution < -0.4 is 0 Å².